The number of rotatable bonds is 6. The van der Waals surface area contributed by atoms with Crippen LogP contribution in [0, 0.1) is 6.92 Å². The highest BCUT2D eigenvalue weighted by molar-refractivity contribution is 7.10. The second-order valence-electron chi connectivity index (χ2n) is 4.41. The number of nitrogens with one attached hydrogen (secondary N) is 1. The van der Waals surface area contributed by atoms with Gasteiger partial charge in [-0.3, -0.25) is 0 Å². The van der Waals surface area contributed by atoms with E-state index in [-0.39, 0.29) is 12.1 Å². The number of hydrogen-bond donors (Lipinski definition) is 2. The molecule has 2 heterocycles. The fraction of sp³-hybridized carbons (Fsp3) is 0.462. The Morgan fingerprint density at radius 2 is 2.28 bits per heavy atom. The van der Waals surface area contributed by atoms with Crippen LogP contribution in [-0.2, 0) is 6.54 Å². The molecule has 0 spiro atoms. The van der Waals surface area contributed by atoms with E-state index in [0.717, 1.165) is 23.5 Å². The van der Waals surface area contributed by atoms with E-state index in [4.69, 9.17) is 0 Å². The minimum Gasteiger partial charge on any atom is -0.388 e. The van der Waals surface area contributed by atoms with Crippen LogP contribution in [0.3, 0.4) is 0 Å². The summed E-state index contributed by atoms with van der Waals surface area (Å²) in [6.45, 7) is 4.96. The van der Waals surface area contributed by atoms with Crippen molar-refractivity contribution in [3.63, 3.8) is 0 Å². The Labute approximate surface area is 116 Å². The molecule has 0 saturated heterocycles. The Kier molecular flexibility index (Phi) is 4.88. The molecule has 0 amide bonds. The van der Waals surface area contributed by atoms with Gasteiger partial charge in [0.1, 0.15) is 0 Å². The highest BCUT2D eigenvalue weighted by Crippen LogP contribution is 2.23. The molecule has 2 rings (SSSR count). The van der Waals surface area contributed by atoms with Gasteiger partial charge in [0.05, 0.1) is 17.3 Å². The highest BCUT2D eigenvalue weighted by atomic mass is 32.1. The summed E-state index contributed by atoms with van der Waals surface area (Å²) in [5.41, 5.74) is 2.97. The standard InChI is InChI=1S/C13H18N2OS2/c1-9(6-11(16)12-4-3-5-17-12)14-7-13-10(2)15-8-18-13/h3-5,8-9,11,14,16H,6-7H2,1-2H3. The van der Waals surface area contributed by atoms with Crippen molar-refractivity contribution in [2.45, 2.75) is 39.0 Å². The first-order valence-corrected chi connectivity index (χ1v) is 7.76. The Balaban J connectivity index is 1.79. The summed E-state index contributed by atoms with van der Waals surface area (Å²) >= 11 is 3.28. The molecule has 0 fully saturated rings. The first kappa shape index (κ1) is 13.7. The molecule has 18 heavy (non-hydrogen) atoms. The zero-order chi connectivity index (χ0) is 13.0. The van der Waals surface area contributed by atoms with Gasteiger partial charge in [0.2, 0.25) is 0 Å². The maximum absolute atomic E-state index is 10.1. The zero-order valence-corrected chi connectivity index (χ0v) is 12.2. The molecule has 2 atom stereocenters. The average Bonchev–Trinajstić information content (AvgIpc) is 2.97. The summed E-state index contributed by atoms with van der Waals surface area (Å²) < 4.78 is 0. The molecule has 0 aliphatic carbocycles. The summed E-state index contributed by atoms with van der Waals surface area (Å²) in [4.78, 5) is 6.54. The quantitative estimate of drug-likeness (QED) is 0.855. The van der Waals surface area contributed by atoms with E-state index in [1.54, 1.807) is 22.7 Å². The van der Waals surface area contributed by atoms with E-state index >= 15 is 0 Å². The van der Waals surface area contributed by atoms with Crippen molar-refractivity contribution < 1.29 is 5.11 Å². The molecule has 2 aromatic heterocycles. The summed E-state index contributed by atoms with van der Waals surface area (Å²) in [6, 6.07) is 4.24. The predicted octanol–water partition coefficient (Wildman–Crippen LogP) is 3.11. The maximum Gasteiger partial charge on any atom is 0.0896 e. The lowest BCUT2D eigenvalue weighted by atomic mass is 10.1. The minimum atomic E-state index is -0.366. The highest BCUT2D eigenvalue weighted by Gasteiger charge is 2.13. The largest absolute Gasteiger partial charge is 0.388 e. The van der Waals surface area contributed by atoms with Crippen molar-refractivity contribution in [3.8, 4) is 0 Å². The lowest BCUT2D eigenvalue weighted by molar-refractivity contribution is 0.157. The Hall–Kier alpha value is -0.750. The van der Waals surface area contributed by atoms with Gasteiger partial charge in [-0.2, -0.15) is 0 Å². The zero-order valence-electron chi connectivity index (χ0n) is 10.6. The Morgan fingerprint density at radius 3 is 2.89 bits per heavy atom. The SMILES string of the molecule is Cc1ncsc1CNC(C)CC(O)c1cccs1. The van der Waals surface area contributed by atoms with Gasteiger partial charge in [0, 0.05) is 22.3 Å². The summed E-state index contributed by atoms with van der Waals surface area (Å²) in [6.07, 6.45) is 0.369. The Morgan fingerprint density at radius 1 is 1.44 bits per heavy atom. The third kappa shape index (κ3) is 3.62. The predicted molar refractivity (Wildman–Crippen MR) is 77.0 cm³/mol. The topological polar surface area (TPSA) is 45.2 Å². The molecule has 2 aromatic rings. The molecule has 0 aliphatic rings. The molecule has 2 unspecified atom stereocenters. The molecular weight excluding hydrogens is 264 g/mol. The van der Waals surface area contributed by atoms with Crippen molar-refractivity contribution in [1.29, 1.82) is 0 Å². The second kappa shape index (κ2) is 6.43. The van der Waals surface area contributed by atoms with Gasteiger partial charge < -0.3 is 10.4 Å². The summed E-state index contributed by atoms with van der Waals surface area (Å²) in [5, 5.41) is 15.5. The van der Waals surface area contributed by atoms with E-state index in [2.05, 4.69) is 17.2 Å². The number of aliphatic hydroxyl groups excluding tert-OH is 1. The van der Waals surface area contributed by atoms with Gasteiger partial charge in [-0.15, -0.1) is 22.7 Å². The first-order valence-electron chi connectivity index (χ1n) is 6.00. The molecular formula is C13H18N2OS2. The Bertz CT molecular complexity index is 467. The number of thiophene rings is 1. The van der Waals surface area contributed by atoms with Crippen LogP contribution in [0.5, 0.6) is 0 Å². The number of aryl methyl sites for hydroxylation is 1. The smallest absolute Gasteiger partial charge is 0.0896 e. The molecule has 0 bridgehead atoms. The lowest BCUT2D eigenvalue weighted by Gasteiger charge is -2.16. The normalized spacial score (nSPS) is 14.6. The van der Waals surface area contributed by atoms with Crippen LogP contribution in [0.1, 0.15) is 34.9 Å². The van der Waals surface area contributed by atoms with Gasteiger partial charge >= 0.3 is 0 Å². The van der Waals surface area contributed by atoms with Crippen LogP contribution < -0.4 is 5.32 Å². The van der Waals surface area contributed by atoms with E-state index < -0.39 is 0 Å². The molecule has 0 radical (unpaired) electrons. The van der Waals surface area contributed by atoms with Gasteiger partial charge in [0.25, 0.3) is 0 Å². The molecule has 0 aliphatic heterocycles. The maximum atomic E-state index is 10.1. The van der Waals surface area contributed by atoms with Gasteiger partial charge in [-0.05, 0) is 31.7 Å². The molecule has 3 nitrogen and oxygen atoms in total. The van der Waals surface area contributed by atoms with Crippen LogP contribution in [0.15, 0.2) is 23.0 Å². The molecule has 0 aromatic carbocycles. The van der Waals surface area contributed by atoms with Gasteiger partial charge in [-0.25, -0.2) is 4.98 Å². The van der Waals surface area contributed by atoms with Crippen molar-refractivity contribution >= 4 is 22.7 Å². The van der Waals surface area contributed by atoms with Crippen molar-refractivity contribution in [1.82, 2.24) is 10.3 Å². The van der Waals surface area contributed by atoms with Crippen molar-refractivity contribution in [2.75, 3.05) is 0 Å². The van der Waals surface area contributed by atoms with Crippen molar-refractivity contribution in [3.05, 3.63) is 38.5 Å². The third-order valence-electron chi connectivity index (χ3n) is 2.90. The lowest BCUT2D eigenvalue weighted by Crippen LogP contribution is -2.27. The van der Waals surface area contributed by atoms with Gasteiger partial charge in [-0.1, -0.05) is 6.07 Å². The van der Waals surface area contributed by atoms with E-state index in [1.165, 1.54) is 4.88 Å². The number of aliphatic hydroxyl groups is 1. The van der Waals surface area contributed by atoms with Gasteiger partial charge in [0.15, 0.2) is 0 Å². The molecule has 2 N–H and O–H groups in total. The monoisotopic (exact) mass is 282 g/mol. The number of nitrogens with zero attached hydrogens (tertiary/aromatic N) is 1. The number of thiazole rings is 1. The van der Waals surface area contributed by atoms with E-state index in [1.807, 2.05) is 29.9 Å². The minimum absolute atomic E-state index is 0.281. The van der Waals surface area contributed by atoms with Crippen LogP contribution >= 0.6 is 22.7 Å². The summed E-state index contributed by atoms with van der Waals surface area (Å²) in [7, 11) is 0. The summed E-state index contributed by atoms with van der Waals surface area (Å²) in [5.74, 6) is 0. The molecule has 5 heteroatoms. The average molecular weight is 282 g/mol. The first-order chi connectivity index (χ1) is 8.66. The van der Waals surface area contributed by atoms with Crippen LogP contribution in [0.4, 0.5) is 0 Å². The molecule has 0 saturated carbocycles. The van der Waals surface area contributed by atoms with Crippen LogP contribution in [0.2, 0.25) is 0 Å². The fourth-order valence-electron chi connectivity index (χ4n) is 1.78. The fourth-order valence-corrected chi connectivity index (χ4v) is 3.23. The second-order valence-corrected chi connectivity index (χ2v) is 6.33. The third-order valence-corrected chi connectivity index (χ3v) is 4.81. The number of aromatic nitrogens is 1. The van der Waals surface area contributed by atoms with E-state index in [9.17, 15) is 5.11 Å². The van der Waals surface area contributed by atoms with Crippen LogP contribution in [0.25, 0.3) is 0 Å². The van der Waals surface area contributed by atoms with E-state index in [0.29, 0.717) is 0 Å². The van der Waals surface area contributed by atoms with Crippen LogP contribution in [-0.4, -0.2) is 16.1 Å². The molecule has 98 valence electrons. The number of hydrogen-bond acceptors (Lipinski definition) is 5. The van der Waals surface area contributed by atoms with Crippen molar-refractivity contribution in [2.24, 2.45) is 0 Å².